The van der Waals surface area contributed by atoms with Crippen LogP contribution in [0.5, 0.6) is 0 Å². The lowest BCUT2D eigenvalue weighted by Gasteiger charge is -2.31. The predicted molar refractivity (Wildman–Crippen MR) is 103 cm³/mol. The fourth-order valence-corrected chi connectivity index (χ4v) is 6.41. The predicted octanol–water partition coefficient (Wildman–Crippen LogP) is 1.92. The van der Waals surface area contributed by atoms with Crippen molar-refractivity contribution in [3.05, 3.63) is 23.8 Å². The number of rotatable bonds is 2. The number of benzene rings is 1. The first-order valence-electron chi connectivity index (χ1n) is 9.14. The molecule has 144 valence electrons. The summed E-state index contributed by atoms with van der Waals surface area (Å²) in [4.78, 5) is 14.0. The van der Waals surface area contributed by atoms with Gasteiger partial charge in [0.15, 0.2) is 0 Å². The topological polar surface area (TPSA) is 69.7 Å². The minimum atomic E-state index is -3.55. The van der Waals surface area contributed by atoms with Crippen molar-refractivity contribution in [3.63, 3.8) is 0 Å². The molecule has 6 nitrogen and oxygen atoms in total. The zero-order valence-corrected chi connectivity index (χ0v) is 16.6. The van der Waals surface area contributed by atoms with Crippen LogP contribution in [0.2, 0.25) is 0 Å². The van der Waals surface area contributed by atoms with E-state index in [0.717, 1.165) is 56.4 Å². The summed E-state index contributed by atoms with van der Waals surface area (Å²) in [5.41, 5.74) is 1.82. The van der Waals surface area contributed by atoms with E-state index in [2.05, 4.69) is 5.32 Å². The number of carbonyl (C=O) groups excluding carboxylic acids is 1. The van der Waals surface area contributed by atoms with Gasteiger partial charge in [0, 0.05) is 37.8 Å². The third-order valence-corrected chi connectivity index (χ3v) is 7.72. The van der Waals surface area contributed by atoms with Crippen molar-refractivity contribution in [1.82, 2.24) is 9.62 Å². The van der Waals surface area contributed by atoms with Crippen molar-refractivity contribution in [2.45, 2.75) is 56.0 Å². The van der Waals surface area contributed by atoms with Gasteiger partial charge in [-0.25, -0.2) is 8.42 Å². The molecule has 3 aliphatic rings. The molecule has 0 saturated carbocycles. The third kappa shape index (κ3) is 3.26. The quantitative estimate of drug-likeness (QED) is 0.824. The number of fused-ring (bicyclic) bond motifs is 3. The van der Waals surface area contributed by atoms with Gasteiger partial charge in [-0.1, -0.05) is 6.07 Å². The SMILES string of the molecule is CC(=O)N1CCCc2ccc(S(=O)(=O)N3C4CCNCC3CC4)cc21.Cl. The number of halogens is 1. The van der Waals surface area contributed by atoms with Crippen molar-refractivity contribution in [1.29, 1.82) is 0 Å². The lowest BCUT2D eigenvalue weighted by molar-refractivity contribution is -0.116. The zero-order chi connectivity index (χ0) is 17.6. The molecule has 0 aliphatic carbocycles. The van der Waals surface area contributed by atoms with Crippen LogP contribution in [0.15, 0.2) is 23.1 Å². The van der Waals surface area contributed by atoms with Gasteiger partial charge >= 0.3 is 0 Å². The fourth-order valence-electron chi connectivity index (χ4n) is 4.49. The molecule has 2 bridgehead atoms. The highest BCUT2D eigenvalue weighted by Crippen LogP contribution is 2.36. The maximum absolute atomic E-state index is 13.4. The monoisotopic (exact) mass is 399 g/mol. The van der Waals surface area contributed by atoms with E-state index >= 15 is 0 Å². The standard InChI is InChI=1S/C18H25N3O3S.ClH/c1-13(22)20-10-2-3-14-4-7-17(11-18(14)20)25(23,24)21-15-5-6-16(21)12-19-9-8-15;/h4,7,11,15-16,19H,2-3,5-6,8-10,12H2,1H3;1H. The molecule has 2 fully saturated rings. The number of hydrogen-bond acceptors (Lipinski definition) is 4. The van der Waals surface area contributed by atoms with Crippen LogP contribution in [-0.4, -0.2) is 50.3 Å². The van der Waals surface area contributed by atoms with E-state index in [1.54, 1.807) is 21.3 Å². The molecule has 3 aliphatic heterocycles. The average Bonchev–Trinajstić information content (AvgIpc) is 2.87. The van der Waals surface area contributed by atoms with E-state index in [4.69, 9.17) is 0 Å². The van der Waals surface area contributed by atoms with E-state index in [9.17, 15) is 13.2 Å². The summed E-state index contributed by atoms with van der Waals surface area (Å²) in [7, 11) is -3.55. The smallest absolute Gasteiger partial charge is 0.243 e. The number of aryl methyl sites for hydroxylation is 1. The van der Waals surface area contributed by atoms with Crippen LogP contribution in [0.4, 0.5) is 5.69 Å². The fraction of sp³-hybridized carbons (Fsp3) is 0.611. The van der Waals surface area contributed by atoms with Crippen molar-refractivity contribution >= 4 is 34.0 Å². The van der Waals surface area contributed by atoms with Gasteiger partial charge in [-0.05, 0) is 56.3 Å². The Morgan fingerprint density at radius 1 is 1.19 bits per heavy atom. The molecule has 2 atom stereocenters. The van der Waals surface area contributed by atoms with Gasteiger partial charge in [-0.3, -0.25) is 4.79 Å². The molecule has 1 N–H and O–H groups in total. The Hall–Kier alpha value is -1.15. The second kappa shape index (κ2) is 7.46. The number of amides is 1. The van der Waals surface area contributed by atoms with Gasteiger partial charge < -0.3 is 10.2 Å². The first-order chi connectivity index (χ1) is 12.0. The van der Waals surface area contributed by atoms with E-state index in [1.807, 2.05) is 6.07 Å². The highest BCUT2D eigenvalue weighted by molar-refractivity contribution is 7.89. The average molecular weight is 400 g/mol. The molecule has 1 amide bonds. The van der Waals surface area contributed by atoms with Crippen LogP contribution in [-0.2, 0) is 21.2 Å². The first kappa shape index (κ1) is 19.6. The molecule has 1 aromatic carbocycles. The number of sulfonamides is 1. The number of nitrogens with one attached hydrogen (secondary N) is 1. The molecule has 0 spiro atoms. The molecule has 2 unspecified atom stereocenters. The molecule has 26 heavy (non-hydrogen) atoms. The van der Waals surface area contributed by atoms with Crippen molar-refractivity contribution < 1.29 is 13.2 Å². The summed E-state index contributed by atoms with van der Waals surface area (Å²) in [5, 5.41) is 3.35. The van der Waals surface area contributed by atoms with Gasteiger partial charge in [-0.2, -0.15) is 4.31 Å². The van der Waals surface area contributed by atoms with Crippen LogP contribution in [0, 0.1) is 0 Å². The molecule has 8 heteroatoms. The molecule has 1 aromatic rings. The Bertz CT molecular complexity index is 785. The van der Waals surface area contributed by atoms with Gasteiger partial charge in [-0.15, -0.1) is 12.4 Å². The second-order valence-electron chi connectivity index (χ2n) is 7.28. The summed E-state index contributed by atoms with van der Waals surface area (Å²) >= 11 is 0. The Balaban J connectivity index is 0.00000196. The highest BCUT2D eigenvalue weighted by atomic mass is 35.5. The molecule has 2 saturated heterocycles. The van der Waals surface area contributed by atoms with Crippen LogP contribution < -0.4 is 10.2 Å². The second-order valence-corrected chi connectivity index (χ2v) is 9.12. The Labute approximate surface area is 161 Å². The Morgan fingerprint density at radius 2 is 1.96 bits per heavy atom. The molecule has 0 radical (unpaired) electrons. The molecule has 4 rings (SSSR count). The first-order valence-corrected chi connectivity index (χ1v) is 10.6. The number of carbonyl (C=O) groups is 1. The van der Waals surface area contributed by atoms with Crippen molar-refractivity contribution in [2.24, 2.45) is 0 Å². The minimum Gasteiger partial charge on any atom is -0.315 e. The Morgan fingerprint density at radius 3 is 2.73 bits per heavy atom. The normalized spacial score (nSPS) is 26.0. The molecule has 0 aromatic heterocycles. The summed E-state index contributed by atoms with van der Waals surface area (Å²) < 4.78 is 28.4. The number of nitrogens with zero attached hydrogens (tertiary/aromatic N) is 2. The van der Waals surface area contributed by atoms with E-state index in [0.29, 0.717) is 11.4 Å². The molecule has 3 heterocycles. The summed E-state index contributed by atoms with van der Waals surface area (Å²) in [6, 6.07) is 5.44. The van der Waals surface area contributed by atoms with Crippen molar-refractivity contribution in [2.75, 3.05) is 24.5 Å². The highest BCUT2D eigenvalue weighted by Gasteiger charge is 2.43. The van der Waals surface area contributed by atoms with E-state index in [-0.39, 0.29) is 30.4 Å². The van der Waals surface area contributed by atoms with E-state index in [1.165, 1.54) is 6.92 Å². The van der Waals surface area contributed by atoms with Gasteiger partial charge in [0.1, 0.15) is 0 Å². The van der Waals surface area contributed by atoms with Gasteiger partial charge in [0.25, 0.3) is 0 Å². The summed E-state index contributed by atoms with van der Waals surface area (Å²) in [6.45, 7) is 3.79. The summed E-state index contributed by atoms with van der Waals surface area (Å²) in [6.07, 6.45) is 4.52. The largest absolute Gasteiger partial charge is 0.315 e. The number of anilines is 1. The van der Waals surface area contributed by atoms with Gasteiger partial charge in [0.05, 0.1) is 4.90 Å². The maximum atomic E-state index is 13.4. The zero-order valence-electron chi connectivity index (χ0n) is 15.0. The molecular weight excluding hydrogens is 374 g/mol. The molecular formula is C18H26ClN3O3S. The van der Waals surface area contributed by atoms with Crippen LogP contribution >= 0.6 is 12.4 Å². The maximum Gasteiger partial charge on any atom is 0.243 e. The Kier molecular flexibility index (Phi) is 5.63. The minimum absolute atomic E-state index is 0. The third-order valence-electron chi connectivity index (χ3n) is 5.72. The lowest BCUT2D eigenvalue weighted by Crippen LogP contribution is -2.42. The summed E-state index contributed by atoms with van der Waals surface area (Å²) in [5.74, 6) is -0.0328. The van der Waals surface area contributed by atoms with Gasteiger partial charge in [0.2, 0.25) is 15.9 Å². The van der Waals surface area contributed by atoms with E-state index < -0.39 is 10.0 Å². The van der Waals surface area contributed by atoms with Crippen LogP contribution in [0.3, 0.4) is 0 Å². The van der Waals surface area contributed by atoms with Crippen LogP contribution in [0.25, 0.3) is 0 Å². The van der Waals surface area contributed by atoms with Crippen LogP contribution in [0.1, 0.15) is 38.2 Å². The number of hydrogen-bond donors (Lipinski definition) is 1. The van der Waals surface area contributed by atoms with Crippen molar-refractivity contribution in [3.8, 4) is 0 Å². The lowest BCUT2D eigenvalue weighted by atomic mass is 10.0.